The maximum absolute atomic E-state index is 11.0. The summed E-state index contributed by atoms with van der Waals surface area (Å²) in [5.41, 5.74) is 0. The number of hydrogen-bond acceptors (Lipinski definition) is 8. The van der Waals surface area contributed by atoms with E-state index in [0.29, 0.717) is 31.6 Å². The SMILES string of the molecule is CC(=O)N[C@@H](C)COC1CC(COc2ncnc(OCc3nccs3)c2Cl)C1. The first kappa shape index (κ1) is 20.8. The van der Waals surface area contributed by atoms with Crippen LogP contribution in [0.1, 0.15) is 31.7 Å². The van der Waals surface area contributed by atoms with Crippen molar-refractivity contribution in [1.82, 2.24) is 20.3 Å². The molecule has 1 fully saturated rings. The Morgan fingerprint density at radius 3 is 2.75 bits per heavy atom. The minimum atomic E-state index is -0.0484. The molecule has 1 amide bonds. The fourth-order valence-electron chi connectivity index (χ4n) is 2.81. The number of aromatic nitrogens is 3. The van der Waals surface area contributed by atoms with E-state index in [1.165, 1.54) is 24.6 Å². The monoisotopic (exact) mass is 426 g/mol. The molecule has 1 aliphatic carbocycles. The Morgan fingerprint density at radius 2 is 2.07 bits per heavy atom. The number of nitrogens with one attached hydrogen (secondary N) is 1. The third-order valence-corrected chi connectivity index (χ3v) is 5.30. The van der Waals surface area contributed by atoms with E-state index in [0.717, 1.165) is 17.8 Å². The van der Waals surface area contributed by atoms with Gasteiger partial charge in [0.1, 0.15) is 17.9 Å². The molecule has 2 aromatic heterocycles. The van der Waals surface area contributed by atoms with Crippen LogP contribution in [0.25, 0.3) is 0 Å². The van der Waals surface area contributed by atoms with Crippen LogP contribution < -0.4 is 14.8 Å². The highest BCUT2D eigenvalue weighted by Crippen LogP contribution is 2.34. The zero-order chi connectivity index (χ0) is 19.9. The van der Waals surface area contributed by atoms with Crippen LogP contribution in [0.15, 0.2) is 17.9 Å². The Morgan fingerprint density at radius 1 is 1.32 bits per heavy atom. The number of ether oxygens (including phenoxy) is 3. The number of halogens is 1. The van der Waals surface area contributed by atoms with Gasteiger partial charge in [0.15, 0.2) is 5.02 Å². The number of thiazole rings is 1. The lowest BCUT2D eigenvalue weighted by molar-refractivity contribution is -0.120. The van der Waals surface area contributed by atoms with Gasteiger partial charge < -0.3 is 19.5 Å². The van der Waals surface area contributed by atoms with E-state index in [1.807, 2.05) is 12.3 Å². The number of carbonyl (C=O) groups excluding carboxylic acids is 1. The molecule has 152 valence electrons. The molecule has 0 radical (unpaired) electrons. The van der Waals surface area contributed by atoms with Crippen molar-refractivity contribution < 1.29 is 19.0 Å². The largest absolute Gasteiger partial charge is 0.476 e. The maximum atomic E-state index is 11.0. The van der Waals surface area contributed by atoms with Gasteiger partial charge in [-0.05, 0) is 25.7 Å². The van der Waals surface area contributed by atoms with E-state index >= 15 is 0 Å². The lowest BCUT2D eigenvalue weighted by atomic mass is 9.83. The highest BCUT2D eigenvalue weighted by atomic mass is 35.5. The van der Waals surface area contributed by atoms with Crippen molar-refractivity contribution in [2.24, 2.45) is 5.92 Å². The number of hydrogen-bond donors (Lipinski definition) is 1. The molecule has 28 heavy (non-hydrogen) atoms. The first-order chi connectivity index (χ1) is 13.5. The fraction of sp³-hybridized carbons (Fsp3) is 0.556. The molecule has 1 saturated carbocycles. The Labute approximate surface area is 172 Å². The standard InChI is InChI=1S/C18H23ClN4O4S/c1-11(23-12(2)24)7-25-14-5-13(6-14)8-26-17-16(19)18(22-10-21-17)27-9-15-20-3-4-28-15/h3-4,10-11,13-14H,5-9H2,1-2H3,(H,23,24)/t11-,13?,14?/m0/s1. The summed E-state index contributed by atoms with van der Waals surface area (Å²) in [5.74, 6) is 0.928. The van der Waals surface area contributed by atoms with E-state index in [1.54, 1.807) is 6.20 Å². The number of rotatable bonds is 10. The molecule has 0 saturated heterocycles. The van der Waals surface area contributed by atoms with Gasteiger partial charge in [-0.1, -0.05) is 11.6 Å². The van der Waals surface area contributed by atoms with Crippen LogP contribution in [0.4, 0.5) is 0 Å². The third kappa shape index (κ3) is 6.02. The zero-order valence-electron chi connectivity index (χ0n) is 15.8. The summed E-state index contributed by atoms with van der Waals surface area (Å²) in [6.45, 7) is 4.73. The predicted molar refractivity (Wildman–Crippen MR) is 105 cm³/mol. The Balaban J connectivity index is 1.38. The zero-order valence-corrected chi connectivity index (χ0v) is 17.3. The van der Waals surface area contributed by atoms with E-state index in [4.69, 9.17) is 25.8 Å². The molecule has 1 aliphatic rings. The summed E-state index contributed by atoms with van der Waals surface area (Å²) >= 11 is 7.80. The number of amides is 1. The maximum Gasteiger partial charge on any atom is 0.240 e. The second-order valence-corrected chi connectivity index (χ2v) is 8.07. The van der Waals surface area contributed by atoms with Crippen LogP contribution in [0.3, 0.4) is 0 Å². The average molecular weight is 427 g/mol. The van der Waals surface area contributed by atoms with Crippen LogP contribution in [-0.2, 0) is 16.1 Å². The Hall–Kier alpha value is -1.97. The molecule has 0 unspecified atom stereocenters. The summed E-state index contributed by atoms with van der Waals surface area (Å²) in [6.07, 6.45) is 5.10. The molecule has 3 rings (SSSR count). The normalized spacial score (nSPS) is 19.5. The van der Waals surface area contributed by atoms with Crippen molar-refractivity contribution in [2.45, 2.75) is 45.4 Å². The summed E-state index contributed by atoms with van der Waals surface area (Å²) < 4.78 is 17.1. The first-order valence-corrected chi connectivity index (χ1v) is 10.3. The lowest BCUT2D eigenvalue weighted by Gasteiger charge is -2.35. The van der Waals surface area contributed by atoms with Crippen molar-refractivity contribution in [3.63, 3.8) is 0 Å². The third-order valence-electron chi connectivity index (χ3n) is 4.22. The highest BCUT2D eigenvalue weighted by molar-refractivity contribution is 7.09. The van der Waals surface area contributed by atoms with Gasteiger partial charge in [-0.15, -0.1) is 11.3 Å². The topological polar surface area (TPSA) is 95.5 Å². The van der Waals surface area contributed by atoms with Crippen LogP contribution >= 0.6 is 22.9 Å². The summed E-state index contributed by atoms with van der Waals surface area (Å²) in [6, 6.07) is 0.00965. The van der Waals surface area contributed by atoms with Gasteiger partial charge in [0.05, 0.1) is 19.3 Å². The molecular formula is C18H23ClN4O4S. The van der Waals surface area contributed by atoms with Crippen molar-refractivity contribution in [1.29, 1.82) is 0 Å². The van der Waals surface area contributed by atoms with Gasteiger partial charge in [-0.25, -0.2) is 15.0 Å². The van der Waals surface area contributed by atoms with Crippen molar-refractivity contribution >= 4 is 28.8 Å². The quantitative estimate of drug-likeness (QED) is 0.624. The van der Waals surface area contributed by atoms with Gasteiger partial charge in [0.25, 0.3) is 0 Å². The Bertz CT molecular complexity index is 771. The summed E-state index contributed by atoms with van der Waals surface area (Å²) in [5, 5.41) is 5.78. The van der Waals surface area contributed by atoms with Crippen LogP contribution in [0.2, 0.25) is 5.02 Å². The summed E-state index contributed by atoms with van der Waals surface area (Å²) in [4.78, 5) is 23.3. The predicted octanol–water partition coefficient (Wildman–Crippen LogP) is 2.86. The van der Waals surface area contributed by atoms with Gasteiger partial charge in [0.2, 0.25) is 17.7 Å². The molecule has 2 heterocycles. The molecule has 10 heteroatoms. The average Bonchev–Trinajstić information content (AvgIpc) is 3.13. The molecule has 0 aliphatic heterocycles. The lowest BCUT2D eigenvalue weighted by Crippen LogP contribution is -2.40. The van der Waals surface area contributed by atoms with E-state index < -0.39 is 0 Å². The second-order valence-electron chi connectivity index (χ2n) is 6.72. The molecule has 0 spiro atoms. The van der Waals surface area contributed by atoms with E-state index in [2.05, 4.69) is 20.3 Å². The molecule has 2 aromatic rings. The van der Waals surface area contributed by atoms with Crippen molar-refractivity contribution in [3.05, 3.63) is 27.9 Å². The van der Waals surface area contributed by atoms with E-state index in [-0.39, 0.29) is 29.0 Å². The minimum Gasteiger partial charge on any atom is -0.476 e. The molecule has 8 nitrogen and oxygen atoms in total. The molecule has 0 aromatic carbocycles. The van der Waals surface area contributed by atoms with Gasteiger partial charge in [-0.2, -0.15) is 0 Å². The number of carbonyl (C=O) groups is 1. The van der Waals surface area contributed by atoms with Crippen LogP contribution in [0, 0.1) is 5.92 Å². The van der Waals surface area contributed by atoms with Gasteiger partial charge in [-0.3, -0.25) is 4.79 Å². The van der Waals surface area contributed by atoms with Gasteiger partial charge >= 0.3 is 0 Å². The molecule has 1 N–H and O–H groups in total. The second kappa shape index (κ2) is 9.99. The first-order valence-electron chi connectivity index (χ1n) is 9.04. The summed E-state index contributed by atoms with van der Waals surface area (Å²) in [7, 11) is 0. The van der Waals surface area contributed by atoms with Crippen molar-refractivity contribution in [3.8, 4) is 11.8 Å². The number of nitrogens with zero attached hydrogens (tertiary/aromatic N) is 3. The van der Waals surface area contributed by atoms with Crippen LogP contribution in [0.5, 0.6) is 11.8 Å². The van der Waals surface area contributed by atoms with E-state index in [9.17, 15) is 4.79 Å². The molecule has 0 bridgehead atoms. The smallest absolute Gasteiger partial charge is 0.240 e. The fourth-order valence-corrected chi connectivity index (χ4v) is 3.54. The molecular weight excluding hydrogens is 404 g/mol. The van der Waals surface area contributed by atoms with Crippen molar-refractivity contribution in [2.75, 3.05) is 13.2 Å². The molecule has 1 atom stereocenters. The van der Waals surface area contributed by atoms with Gasteiger partial charge in [0, 0.05) is 24.5 Å². The highest BCUT2D eigenvalue weighted by Gasteiger charge is 2.31. The van der Waals surface area contributed by atoms with Crippen LogP contribution in [-0.4, -0.2) is 46.2 Å². The minimum absolute atomic E-state index is 0.00965. The Kier molecular flexibility index (Phi) is 7.41.